The topological polar surface area (TPSA) is 38.3 Å². The summed E-state index contributed by atoms with van der Waals surface area (Å²) in [6.45, 7) is 6.87. The van der Waals surface area contributed by atoms with Crippen LogP contribution in [0.5, 0.6) is 5.75 Å². The minimum absolute atomic E-state index is 0.0414. The summed E-state index contributed by atoms with van der Waals surface area (Å²) in [5.41, 5.74) is 5.89. The Morgan fingerprint density at radius 3 is 2.35 bits per heavy atom. The third-order valence-electron chi connectivity index (χ3n) is 4.14. The fourth-order valence-corrected chi connectivity index (χ4v) is 2.53. The summed E-state index contributed by atoms with van der Waals surface area (Å²) in [6.07, 6.45) is 1.23. The molecule has 23 heavy (non-hydrogen) atoms. The molecule has 0 saturated heterocycles. The minimum Gasteiger partial charge on any atom is -0.496 e. The summed E-state index contributed by atoms with van der Waals surface area (Å²) in [5.74, 6) is 0.866. The van der Waals surface area contributed by atoms with E-state index in [4.69, 9.17) is 4.74 Å². The van der Waals surface area contributed by atoms with Gasteiger partial charge < -0.3 is 10.1 Å². The lowest BCUT2D eigenvalue weighted by Crippen LogP contribution is -2.27. The lowest BCUT2D eigenvalue weighted by Gasteiger charge is -2.09. The highest BCUT2D eigenvalue weighted by molar-refractivity contribution is 5.78. The first-order valence-electron chi connectivity index (χ1n) is 7.96. The van der Waals surface area contributed by atoms with Crippen molar-refractivity contribution in [3.8, 4) is 5.75 Å². The van der Waals surface area contributed by atoms with Gasteiger partial charge in [-0.15, -0.1) is 0 Å². The van der Waals surface area contributed by atoms with Gasteiger partial charge in [0.2, 0.25) is 5.91 Å². The van der Waals surface area contributed by atoms with Crippen molar-refractivity contribution in [3.05, 3.63) is 64.2 Å². The maximum atomic E-state index is 12.1. The zero-order chi connectivity index (χ0) is 16.8. The second-order valence-electron chi connectivity index (χ2n) is 6.00. The molecule has 2 rings (SSSR count). The van der Waals surface area contributed by atoms with Crippen molar-refractivity contribution in [2.45, 2.75) is 33.6 Å². The van der Waals surface area contributed by atoms with Gasteiger partial charge in [0.15, 0.2) is 0 Å². The number of methoxy groups -OCH3 is 1. The Bertz CT molecular complexity index is 692. The molecule has 0 aliphatic rings. The van der Waals surface area contributed by atoms with E-state index in [1.165, 1.54) is 16.7 Å². The highest BCUT2D eigenvalue weighted by Crippen LogP contribution is 2.19. The van der Waals surface area contributed by atoms with Crippen LogP contribution < -0.4 is 10.1 Å². The number of nitrogens with one attached hydrogen (secondary N) is 1. The summed E-state index contributed by atoms with van der Waals surface area (Å²) in [7, 11) is 1.65. The van der Waals surface area contributed by atoms with Crippen LogP contribution in [0, 0.1) is 20.8 Å². The highest BCUT2D eigenvalue weighted by Gasteiger charge is 2.06. The molecule has 0 aromatic heterocycles. The number of rotatable bonds is 6. The molecule has 0 saturated carbocycles. The number of amides is 1. The largest absolute Gasteiger partial charge is 0.496 e. The molecule has 0 spiro atoms. The summed E-state index contributed by atoms with van der Waals surface area (Å²) < 4.78 is 5.30. The van der Waals surface area contributed by atoms with E-state index in [0.29, 0.717) is 13.0 Å². The van der Waals surface area contributed by atoms with Crippen LogP contribution in [-0.2, 0) is 17.6 Å². The van der Waals surface area contributed by atoms with Crippen LogP contribution in [0.15, 0.2) is 36.4 Å². The van der Waals surface area contributed by atoms with Gasteiger partial charge in [0.05, 0.1) is 13.5 Å². The van der Waals surface area contributed by atoms with Crippen LogP contribution in [0.2, 0.25) is 0 Å². The van der Waals surface area contributed by atoms with Crippen molar-refractivity contribution >= 4 is 5.91 Å². The molecule has 1 N–H and O–H groups in total. The number of hydrogen-bond acceptors (Lipinski definition) is 2. The molecule has 2 aromatic carbocycles. The number of hydrogen-bond donors (Lipinski definition) is 1. The van der Waals surface area contributed by atoms with Gasteiger partial charge in [-0.3, -0.25) is 4.79 Å². The fourth-order valence-electron chi connectivity index (χ4n) is 2.53. The molecule has 0 unspecified atom stereocenters. The third-order valence-corrected chi connectivity index (χ3v) is 4.14. The van der Waals surface area contributed by atoms with Crippen LogP contribution in [0.3, 0.4) is 0 Å². The Morgan fingerprint density at radius 2 is 1.65 bits per heavy atom. The number of benzene rings is 2. The Morgan fingerprint density at radius 1 is 0.957 bits per heavy atom. The maximum Gasteiger partial charge on any atom is 0.224 e. The van der Waals surface area contributed by atoms with Gasteiger partial charge in [-0.1, -0.05) is 30.3 Å². The molecule has 1 amide bonds. The van der Waals surface area contributed by atoms with E-state index in [0.717, 1.165) is 23.3 Å². The van der Waals surface area contributed by atoms with E-state index in [1.54, 1.807) is 7.11 Å². The number of carbonyl (C=O) groups excluding carboxylic acids is 1. The summed E-state index contributed by atoms with van der Waals surface area (Å²) in [6, 6.07) is 12.3. The number of carbonyl (C=O) groups is 1. The second-order valence-corrected chi connectivity index (χ2v) is 6.00. The molecular formula is C20H25NO2. The number of ether oxygens (including phenoxy) is 1. The molecule has 122 valence electrons. The van der Waals surface area contributed by atoms with Crippen LogP contribution in [0.25, 0.3) is 0 Å². The molecule has 3 heteroatoms. The van der Waals surface area contributed by atoms with Gasteiger partial charge in [-0.05, 0) is 61.1 Å². The smallest absolute Gasteiger partial charge is 0.224 e. The summed E-state index contributed by atoms with van der Waals surface area (Å²) in [5, 5.41) is 2.99. The van der Waals surface area contributed by atoms with E-state index >= 15 is 0 Å². The molecule has 0 heterocycles. The normalized spacial score (nSPS) is 10.4. The Kier molecular flexibility index (Phi) is 5.80. The van der Waals surface area contributed by atoms with Crippen LogP contribution in [0.1, 0.15) is 27.8 Å². The van der Waals surface area contributed by atoms with Crippen molar-refractivity contribution in [2.24, 2.45) is 0 Å². The lowest BCUT2D eigenvalue weighted by molar-refractivity contribution is -0.120. The van der Waals surface area contributed by atoms with Crippen molar-refractivity contribution in [1.82, 2.24) is 5.32 Å². The van der Waals surface area contributed by atoms with Gasteiger partial charge in [0.1, 0.15) is 5.75 Å². The monoisotopic (exact) mass is 311 g/mol. The molecule has 0 fully saturated rings. The van der Waals surface area contributed by atoms with Crippen molar-refractivity contribution in [3.63, 3.8) is 0 Å². The van der Waals surface area contributed by atoms with Crippen LogP contribution >= 0.6 is 0 Å². The van der Waals surface area contributed by atoms with Crippen LogP contribution in [-0.4, -0.2) is 19.6 Å². The molecule has 0 radical (unpaired) electrons. The Balaban J connectivity index is 1.84. The van der Waals surface area contributed by atoms with Gasteiger partial charge in [-0.25, -0.2) is 0 Å². The molecule has 2 aromatic rings. The standard InChI is InChI=1S/C20H25NO2/c1-14-5-7-17(11-16(14)3)9-10-21-20(22)13-18-8-6-15(2)19(12-18)23-4/h5-8,11-12H,9-10,13H2,1-4H3,(H,21,22). The second kappa shape index (κ2) is 7.82. The van der Waals surface area contributed by atoms with Crippen molar-refractivity contribution < 1.29 is 9.53 Å². The summed E-state index contributed by atoms with van der Waals surface area (Å²) >= 11 is 0. The van der Waals surface area contributed by atoms with Gasteiger partial charge in [0, 0.05) is 6.54 Å². The molecule has 0 atom stereocenters. The molecule has 3 nitrogen and oxygen atoms in total. The SMILES string of the molecule is COc1cc(CC(=O)NCCc2ccc(C)c(C)c2)ccc1C. The molecule has 0 aliphatic carbocycles. The first-order valence-corrected chi connectivity index (χ1v) is 7.96. The molecular weight excluding hydrogens is 286 g/mol. The van der Waals surface area contributed by atoms with E-state index in [1.807, 2.05) is 25.1 Å². The zero-order valence-electron chi connectivity index (χ0n) is 14.4. The zero-order valence-corrected chi connectivity index (χ0v) is 14.4. The predicted octanol–water partition coefficient (Wildman–Crippen LogP) is 3.52. The van der Waals surface area contributed by atoms with Gasteiger partial charge in [0.25, 0.3) is 0 Å². The van der Waals surface area contributed by atoms with E-state index in [9.17, 15) is 4.79 Å². The lowest BCUT2D eigenvalue weighted by atomic mass is 10.0. The predicted molar refractivity (Wildman–Crippen MR) is 94.1 cm³/mol. The quantitative estimate of drug-likeness (QED) is 0.886. The minimum atomic E-state index is 0.0414. The third kappa shape index (κ3) is 4.85. The number of aryl methyl sites for hydroxylation is 3. The first kappa shape index (κ1) is 17.1. The summed E-state index contributed by atoms with van der Waals surface area (Å²) in [4.78, 5) is 12.1. The highest BCUT2D eigenvalue weighted by atomic mass is 16.5. The molecule has 0 bridgehead atoms. The van der Waals surface area contributed by atoms with E-state index in [2.05, 4.69) is 37.4 Å². The van der Waals surface area contributed by atoms with Crippen molar-refractivity contribution in [1.29, 1.82) is 0 Å². The van der Waals surface area contributed by atoms with E-state index < -0.39 is 0 Å². The fraction of sp³-hybridized carbons (Fsp3) is 0.350. The molecule has 0 aliphatic heterocycles. The average Bonchev–Trinajstić information content (AvgIpc) is 2.52. The maximum absolute atomic E-state index is 12.1. The van der Waals surface area contributed by atoms with Gasteiger partial charge in [-0.2, -0.15) is 0 Å². The van der Waals surface area contributed by atoms with Crippen LogP contribution in [0.4, 0.5) is 0 Å². The Labute approximate surface area is 138 Å². The Hall–Kier alpha value is -2.29. The van der Waals surface area contributed by atoms with Crippen molar-refractivity contribution in [2.75, 3.05) is 13.7 Å². The van der Waals surface area contributed by atoms with E-state index in [-0.39, 0.29) is 5.91 Å². The average molecular weight is 311 g/mol. The first-order chi connectivity index (χ1) is 11.0. The van der Waals surface area contributed by atoms with Gasteiger partial charge >= 0.3 is 0 Å².